The molecule has 0 radical (unpaired) electrons. The van der Waals surface area contributed by atoms with Crippen LogP contribution in [0.15, 0.2) is 24.3 Å². The van der Waals surface area contributed by atoms with E-state index in [1.807, 2.05) is 12.1 Å². The lowest BCUT2D eigenvalue weighted by Gasteiger charge is -2.18. The maximum Gasteiger partial charge on any atom is 0.176 e. The van der Waals surface area contributed by atoms with Gasteiger partial charge < -0.3 is 0 Å². The fourth-order valence-corrected chi connectivity index (χ4v) is 2.07. The number of ketones is 1. The molecule has 2 rings (SSSR count). The average Bonchev–Trinajstić information content (AvgIpc) is 3.09. The highest BCUT2D eigenvalue weighted by atomic mass is 35.5. The molecule has 0 heterocycles. The van der Waals surface area contributed by atoms with Gasteiger partial charge in [-0.15, -0.1) is 0 Å². The van der Waals surface area contributed by atoms with Crippen molar-refractivity contribution in [3.63, 3.8) is 0 Å². The Kier molecular flexibility index (Phi) is 3.62. The first-order valence-electron chi connectivity index (χ1n) is 5.73. The number of carbonyl (C=O) groups excluding carboxylic acids is 1. The van der Waals surface area contributed by atoms with Crippen molar-refractivity contribution in [2.75, 3.05) is 13.1 Å². The molecular formula is C13H16ClNO. The minimum absolute atomic E-state index is 0.163. The first kappa shape index (κ1) is 11.6. The summed E-state index contributed by atoms with van der Waals surface area (Å²) in [6.45, 7) is 3.56. The Morgan fingerprint density at radius 1 is 1.50 bits per heavy atom. The van der Waals surface area contributed by atoms with Crippen LogP contribution in [-0.4, -0.2) is 29.8 Å². The second kappa shape index (κ2) is 4.98. The molecule has 0 aliphatic heterocycles. The van der Waals surface area contributed by atoms with Gasteiger partial charge in [-0.3, -0.25) is 9.69 Å². The number of hydrogen-bond donors (Lipinski definition) is 0. The fraction of sp³-hybridized carbons (Fsp3) is 0.462. The van der Waals surface area contributed by atoms with Crippen molar-refractivity contribution in [2.45, 2.75) is 25.8 Å². The minimum atomic E-state index is 0.163. The summed E-state index contributed by atoms with van der Waals surface area (Å²) < 4.78 is 0. The molecule has 1 aliphatic carbocycles. The van der Waals surface area contributed by atoms with Gasteiger partial charge >= 0.3 is 0 Å². The van der Waals surface area contributed by atoms with Crippen LogP contribution in [0.25, 0.3) is 0 Å². The maximum absolute atomic E-state index is 12.0. The van der Waals surface area contributed by atoms with Crippen LogP contribution < -0.4 is 0 Å². The number of hydrogen-bond acceptors (Lipinski definition) is 2. The number of benzene rings is 1. The summed E-state index contributed by atoms with van der Waals surface area (Å²) in [5.74, 6) is 0.163. The molecular weight excluding hydrogens is 222 g/mol. The molecule has 0 saturated heterocycles. The molecule has 86 valence electrons. The Morgan fingerprint density at radius 2 is 2.25 bits per heavy atom. The molecule has 0 amide bonds. The van der Waals surface area contributed by atoms with Crippen molar-refractivity contribution in [1.82, 2.24) is 4.90 Å². The summed E-state index contributed by atoms with van der Waals surface area (Å²) in [6.07, 6.45) is 2.47. The van der Waals surface area contributed by atoms with E-state index in [0.717, 1.165) is 6.54 Å². The number of halogens is 1. The minimum Gasteiger partial charge on any atom is -0.293 e. The second-order valence-corrected chi connectivity index (χ2v) is 4.66. The predicted octanol–water partition coefficient (Wildman–Crippen LogP) is 3.01. The summed E-state index contributed by atoms with van der Waals surface area (Å²) in [7, 11) is 0. The highest BCUT2D eigenvalue weighted by Crippen LogP contribution is 2.26. The average molecular weight is 238 g/mol. The van der Waals surface area contributed by atoms with Gasteiger partial charge in [0.15, 0.2) is 5.78 Å². The first-order valence-corrected chi connectivity index (χ1v) is 6.11. The number of rotatable bonds is 5. The van der Waals surface area contributed by atoms with Crippen LogP contribution in [0.2, 0.25) is 5.02 Å². The van der Waals surface area contributed by atoms with Crippen LogP contribution in [0.1, 0.15) is 30.1 Å². The number of Topliss-reactive ketones (excluding diaryl/α,β-unsaturated/α-hetero) is 1. The Hall–Kier alpha value is -0.860. The van der Waals surface area contributed by atoms with Gasteiger partial charge in [-0.25, -0.2) is 0 Å². The Labute approximate surface area is 101 Å². The van der Waals surface area contributed by atoms with E-state index in [9.17, 15) is 4.79 Å². The molecule has 1 aliphatic rings. The molecule has 0 N–H and O–H groups in total. The third kappa shape index (κ3) is 2.83. The second-order valence-electron chi connectivity index (χ2n) is 4.23. The van der Waals surface area contributed by atoms with E-state index in [4.69, 9.17) is 11.6 Å². The number of carbonyl (C=O) groups is 1. The third-order valence-corrected chi connectivity index (χ3v) is 3.20. The molecule has 0 aromatic heterocycles. The molecule has 1 fully saturated rings. The molecule has 0 spiro atoms. The fourth-order valence-electron chi connectivity index (χ4n) is 1.88. The van der Waals surface area contributed by atoms with Gasteiger partial charge in [0.1, 0.15) is 0 Å². The van der Waals surface area contributed by atoms with Crippen molar-refractivity contribution < 1.29 is 4.79 Å². The number of nitrogens with zero attached hydrogens (tertiary/aromatic N) is 1. The smallest absolute Gasteiger partial charge is 0.176 e. The monoisotopic (exact) mass is 237 g/mol. The Morgan fingerprint density at radius 3 is 2.81 bits per heavy atom. The van der Waals surface area contributed by atoms with Crippen molar-refractivity contribution in [1.29, 1.82) is 0 Å². The first-order chi connectivity index (χ1) is 7.70. The van der Waals surface area contributed by atoms with Crippen LogP contribution in [-0.2, 0) is 0 Å². The van der Waals surface area contributed by atoms with Crippen LogP contribution in [0.5, 0.6) is 0 Å². The lowest BCUT2D eigenvalue weighted by atomic mass is 10.1. The van der Waals surface area contributed by atoms with Gasteiger partial charge in [-0.1, -0.05) is 30.7 Å². The van der Waals surface area contributed by atoms with Gasteiger partial charge in [0, 0.05) is 16.6 Å². The van der Waals surface area contributed by atoms with Gasteiger partial charge in [0.2, 0.25) is 0 Å². The van der Waals surface area contributed by atoms with E-state index in [0.29, 0.717) is 23.2 Å². The zero-order chi connectivity index (χ0) is 11.5. The van der Waals surface area contributed by atoms with E-state index in [1.54, 1.807) is 12.1 Å². The molecule has 0 unspecified atom stereocenters. The summed E-state index contributed by atoms with van der Waals surface area (Å²) in [6, 6.07) is 7.81. The van der Waals surface area contributed by atoms with E-state index in [-0.39, 0.29) is 5.78 Å². The lowest BCUT2D eigenvalue weighted by molar-refractivity contribution is 0.0928. The quantitative estimate of drug-likeness (QED) is 0.734. The Balaban J connectivity index is 2.01. The van der Waals surface area contributed by atoms with Crippen molar-refractivity contribution in [3.8, 4) is 0 Å². The van der Waals surface area contributed by atoms with E-state index in [1.165, 1.54) is 12.8 Å². The van der Waals surface area contributed by atoms with Gasteiger partial charge in [0.25, 0.3) is 0 Å². The van der Waals surface area contributed by atoms with Crippen LogP contribution >= 0.6 is 11.6 Å². The van der Waals surface area contributed by atoms with Crippen LogP contribution in [0, 0.1) is 0 Å². The topological polar surface area (TPSA) is 20.3 Å². The summed E-state index contributed by atoms with van der Waals surface area (Å²) in [5.41, 5.74) is 0.714. The number of likely N-dealkylation sites (N-methyl/N-ethyl adjacent to an activating group) is 1. The summed E-state index contributed by atoms with van der Waals surface area (Å²) in [4.78, 5) is 14.2. The molecule has 3 heteroatoms. The van der Waals surface area contributed by atoms with Gasteiger partial charge in [0.05, 0.1) is 6.54 Å². The molecule has 1 saturated carbocycles. The zero-order valence-corrected chi connectivity index (χ0v) is 10.2. The van der Waals surface area contributed by atoms with Crippen molar-refractivity contribution in [2.24, 2.45) is 0 Å². The van der Waals surface area contributed by atoms with E-state index >= 15 is 0 Å². The molecule has 0 bridgehead atoms. The molecule has 1 aromatic carbocycles. The molecule has 16 heavy (non-hydrogen) atoms. The van der Waals surface area contributed by atoms with Crippen molar-refractivity contribution in [3.05, 3.63) is 34.9 Å². The SMILES string of the molecule is CCN(CC(=O)c1cccc(Cl)c1)C1CC1. The van der Waals surface area contributed by atoms with Gasteiger partial charge in [-0.05, 0) is 31.5 Å². The largest absolute Gasteiger partial charge is 0.293 e. The van der Waals surface area contributed by atoms with Crippen molar-refractivity contribution >= 4 is 17.4 Å². The zero-order valence-electron chi connectivity index (χ0n) is 9.45. The molecule has 0 atom stereocenters. The van der Waals surface area contributed by atoms with Crippen LogP contribution in [0.3, 0.4) is 0 Å². The normalized spacial score (nSPS) is 15.4. The lowest BCUT2D eigenvalue weighted by Crippen LogP contribution is -2.31. The summed E-state index contributed by atoms with van der Waals surface area (Å²) in [5, 5.41) is 0.625. The van der Waals surface area contributed by atoms with Gasteiger partial charge in [-0.2, -0.15) is 0 Å². The molecule has 1 aromatic rings. The predicted molar refractivity (Wildman–Crippen MR) is 66.1 cm³/mol. The van der Waals surface area contributed by atoms with E-state index < -0.39 is 0 Å². The highest BCUT2D eigenvalue weighted by molar-refractivity contribution is 6.31. The highest BCUT2D eigenvalue weighted by Gasteiger charge is 2.29. The van der Waals surface area contributed by atoms with Crippen LogP contribution in [0.4, 0.5) is 0 Å². The maximum atomic E-state index is 12.0. The molecule has 2 nitrogen and oxygen atoms in total. The standard InChI is InChI=1S/C13H16ClNO/c1-2-15(12-6-7-12)9-13(16)10-4-3-5-11(14)8-10/h3-5,8,12H,2,6-7,9H2,1H3. The van der Waals surface area contributed by atoms with E-state index in [2.05, 4.69) is 11.8 Å². The third-order valence-electron chi connectivity index (χ3n) is 2.96. The Bertz CT molecular complexity index is 387. The summed E-state index contributed by atoms with van der Waals surface area (Å²) >= 11 is 5.87.